The summed E-state index contributed by atoms with van der Waals surface area (Å²) < 4.78 is 16.4. The van der Waals surface area contributed by atoms with Crippen LogP contribution in [-0.4, -0.2) is 50.2 Å². The molecule has 4 rings (SSSR count). The lowest BCUT2D eigenvalue weighted by atomic mass is 10.2. The fourth-order valence-electron chi connectivity index (χ4n) is 2.95. The Kier molecular flexibility index (Phi) is 3.57. The Morgan fingerprint density at radius 3 is 2.48 bits per heavy atom. The van der Waals surface area contributed by atoms with E-state index in [1.54, 1.807) is 12.1 Å². The molecule has 0 aliphatic carbocycles. The van der Waals surface area contributed by atoms with Gasteiger partial charge in [0, 0.05) is 37.9 Å². The summed E-state index contributed by atoms with van der Waals surface area (Å²) in [5, 5.41) is 0. The molecule has 3 heterocycles. The first-order valence-corrected chi connectivity index (χ1v) is 7.79. The number of carbonyl (C=O) groups excluding carboxylic acids is 1. The van der Waals surface area contributed by atoms with Crippen molar-refractivity contribution in [2.24, 2.45) is 0 Å². The SMILES string of the molecule is O=C(c1ccco1)N1CCN(c2ccc3c(c2)OCCO3)CC1. The molecule has 2 aliphatic rings. The average molecular weight is 314 g/mol. The third kappa shape index (κ3) is 2.72. The number of rotatable bonds is 2. The van der Waals surface area contributed by atoms with Gasteiger partial charge in [0.05, 0.1) is 6.26 Å². The van der Waals surface area contributed by atoms with Crippen molar-refractivity contribution in [1.82, 2.24) is 4.90 Å². The maximum absolute atomic E-state index is 12.3. The summed E-state index contributed by atoms with van der Waals surface area (Å²) in [6.45, 7) is 4.10. The minimum atomic E-state index is -0.0446. The molecule has 0 atom stereocenters. The summed E-state index contributed by atoms with van der Waals surface area (Å²) in [6, 6.07) is 9.44. The number of fused-ring (bicyclic) bond motifs is 1. The molecule has 0 N–H and O–H groups in total. The van der Waals surface area contributed by atoms with Gasteiger partial charge in [-0.2, -0.15) is 0 Å². The first-order chi connectivity index (χ1) is 11.3. The molecule has 0 saturated carbocycles. The number of ether oxygens (including phenoxy) is 2. The second-order valence-corrected chi connectivity index (χ2v) is 5.58. The van der Waals surface area contributed by atoms with Gasteiger partial charge in [-0.3, -0.25) is 4.79 Å². The summed E-state index contributed by atoms with van der Waals surface area (Å²) in [6.07, 6.45) is 1.53. The number of hydrogen-bond acceptors (Lipinski definition) is 5. The molecule has 1 saturated heterocycles. The van der Waals surface area contributed by atoms with Gasteiger partial charge in [-0.25, -0.2) is 0 Å². The molecule has 1 aromatic heterocycles. The first-order valence-electron chi connectivity index (χ1n) is 7.79. The van der Waals surface area contributed by atoms with Crippen LogP contribution in [0.2, 0.25) is 0 Å². The molecule has 2 aromatic rings. The van der Waals surface area contributed by atoms with Crippen LogP contribution >= 0.6 is 0 Å². The molecule has 0 radical (unpaired) electrons. The van der Waals surface area contributed by atoms with Gasteiger partial charge in [0.2, 0.25) is 0 Å². The Labute approximate surface area is 134 Å². The van der Waals surface area contributed by atoms with E-state index in [2.05, 4.69) is 4.90 Å². The number of anilines is 1. The summed E-state index contributed by atoms with van der Waals surface area (Å²) >= 11 is 0. The van der Waals surface area contributed by atoms with E-state index in [4.69, 9.17) is 13.9 Å². The highest BCUT2D eigenvalue weighted by molar-refractivity contribution is 5.91. The molecule has 6 nitrogen and oxygen atoms in total. The first kappa shape index (κ1) is 14.0. The zero-order chi connectivity index (χ0) is 15.6. The molecule has 23 heavy (non-hydrogen) atoms. The molecule has 1 fully saturated rings. The maximum atomic E-state index is 12.3. The standard InChI is InChI=1S/C17H18N2O4/c20-17(15-2-1-9-21-15)19-7-5-18(6-8-19)13-3-4-14-16(12-13)23-11-10-22-14/h1-4,9,12H,5-8,10-11H2. The van der Waals surface area contributed by atoms with E-state index < -0.39 is 0 Å². The van der Waals surface area contributed by atoms with Gasteiger partial charge in [0.25, 0.3) is 5.91 Å². The zero-order valence-corrected chi connectivity index (χ0v) is 12.7. The monoisotopic (exact) mass is 314 g/mol. The number of carbonyl (C=O) groups is 1. The molecule has 6 heteroatoms. The van der Waals surface area contributed by atoms with Gasteiger partial charge in [-0.1, -0.05) is 0 Å². The van der Waals surface area contributed by atoms with Gasteiger partial charge in [0.15, 0.2) is 17.3 Å². The Bertz CT molecular complexity index is 691. The lowest BCUT2D eigenvalue weighted by Crippen LogP contribution is -2.48. The Morgan fingerprint density at radius 1 is 0.957 bits per heavy atom. The zero-order valence-electron chi connectivity index (χ0n) is 12.7. The van der Waals surface area contributed by atoms with E-state index in [1.807, 2.05) is 23.1 Å². The quantitative estimate of drug-likeness (QED) is 0.849. The minimum Gasteiger partial charge on any atom is -0.486 e. The van der Waals surface area contributed by atoms with Crippen LogP contribution in [0.3, 0.4) is 0 Å². The van der Waals surface area contributed by atoms with Crippen LogP contribution in [0.5, 0.6) is 11.5 Å². The van der Waals surface area contributed by atoms with Crippen molar-refractivity contribution in [3.05, 3.63) is 42.4 Å². The average Bonchev–Trinajstić information content (AvgIpc) is 3.15. The van der Waals surface area contributed by atoms with Crippen LogP contribution in [0.1, 0.15) is 10.6 Å². The maximum Gasteiger partial charge on any atom is 0.289 e. The van der Waals surface area contributed by atoms with Crippen LogP contribution in [0.15, 0.2) is 41.0 Å². The summed E-state index contributed by atoms with van der Waals surface area (Å²) in [5.41, 5.74) is 1.10. The molecule has 120 valence electrons. The van der Waals surface area contributed by atoms with Crippen LogP contribution in [-0.2, 0) is 0 Å². The number of nitrogens with zero attached hydrogens (tertiary/aromatic N) is 2. The molecule has 1 amide bonds. The molecule has 0 spiro atoms. The normalized spacial score (nSPS) is 17.2. The molecular weight excluding hydrogens is 296 g/mol. The van der Waals surface area contributed by atoms with Crippen molar-refractivity contribution < 1.29 is 18.7 Å². The fraction of sp³-hybridized carbons (Fsp3) is 0.353. The summed E-state index contributed by atoms with van der Waals surface area (Å²) in [7, 11) is 0. The number of hydrogen-bond donors (Lipinski definition) is 0. The Morgan fingerprint density at radius 2 is 1.74 bits per heavy atom. The molecule has 1 aromatic carbocycles. The van der Waals surface area contributed by atoms with Crippen molar-refractivity contribution in [2.45, 2.75) is 0 Å². The summed E-state index contributed by atoms with van der Waals surface area (Å²) in [5.74, 6) is 1.95. The predicted molar refractivity (Wildman–Crippen MR) is 84.3 cm³/mol. The van der Waals surface area contributed by atoms with E-state index in [-0.39, 0.29) is 5.91 Å². The van der Waals surface area contributed by atoms with Crippen LogP contribution in [0.25, 0.3) is 0 Å². The van der Waals surface area contributed by atoms with Gasteiger partial charge in [-0.15, -0.1) is 0 Å². The second-order valence-electron chi connectivity index (χ2n) is 5.58. The van der Waals surface area contributed by atoms with E-state index in [1.165, 1.54) is 6.26 Å². The highest BCUT2D eigenvalue weighted by Crippen LogP contribution is 2.34. The third-order valence-electron chi connectivity index (χ3n) is 4.19. The molecule has 0 bridgehead atoms. The molecule has 2 aliphatic heterocycles. The van der Waals surface area contributed by atoms with E-state index >= 15 is 0 Å². The van der Waals surface area contributed by atoms with Gasteiger partial charge >= 0.3 is 0 Å². The third-order valence-corrected chi connectivity index (χ3v) is 4.19. The second kappa shape index (κ2) is 5.87. The molecular formula is C17H18N2O4. The smallest absolute Gasteiger partial charge is 0.289 e. The van der Waals surface area contributed by atoms with E-state index in [0.717, 1.165) is 30.3 Å². The molecule has 0 unspecified atom stereocenters. The number of furan rings is 1. The van der Waals surface area contributed by atoms with E-state index in [9.17, 15) is 4.79 Å². The van der Waals surface area contributed by atoms with Crippen LogP contribution in [0.4, 0.5) is 5.69 Å². The van der Waals surface area contributed by atoms with Crippen LogP contribution in [0, 0.1) is 0 Å². The van der Waals surface area contributed by atoms with Crippen LogP contribution < -0.4 is 14.4 Å². The van der Waals surface area contributed by atoms with Gasteiger partial charge in [0.1, 0.15) is 13.2 Å². The lowest BCUT2D eigenvalue weighted by molar-refractivity contribution is 0.0714. The van der Waals surface area contributed by atoms with Crippen molar-refractivity contribution >= 4 is 11.6 Å². The highest BCUT2D eigenvalue weighted by Gasteiger charge is 2.24. The van der Waals surface area contributed by atoms with E-state index in [0.29, 0.717) is 32.1 Å². The predicted octanol–water partition coefficient (Wildman–Crippen LogP) is 2.01. The minimum absolute atomic E-state index is 0.0446. The Balaban J connectivity index is 1.42. The van der Waals surface area contributed by atoms with Gasteiger partial charge in [-0.05, 0) is 24.3 Å². The van der Waals surface area contributed by atoms with Crippen molar-refractivity contribution in [2.75, 3.05) is 44.3 Å². The van der Waals surface area contributed by atoms with Crippen molar-refractivity contribution in [3.63, 3.8) is 0 Å². The number of piperazine rings is 1. The van der Waals surface area contributed by atoms with Crippen molar-refractivity contribution in [1.29, 1.82) is 0 Å². The highest BCUT2D eigenvalue weighted by atomic mass is 16.6. The summed E-state index contributed by atoms with van der Waals surface area (Å²) in [4.78, 5) is 16.4. The number of amides is 1. The Hall–Kier alpha value is -2.63. The topological polar surface area (TPSA) is 55.2 Å². The largest absolute Gasteiger partial charge is 0.486 e. The van der Waals surface area contributed by atoms with Gasteiger partial charge < -0.3 is 23.7 Å². The van der Waals surface area contributed by atoms with Crippen molar-refractivity contribution in [3.8, 4) is 11.5 Å². The fourth-order valence-corrected chi connectivity index (χ4v) is 2.95. The lowest BCUT2D eigenvalue weighted by Gasteiger charge is -2.36. The number of benzene rings is 1.